The maximum Gasteiger partial charge on any atom is 0.340 e. The van der Waals surface area contributed by atoms with Gasteiger partial charge in [-0.25, -0.2) is 4.79 Å². The average molecular weight is 394 g/mol. The molecule has 1 N–H and O–H groups in total. The van der Waals surface area contributed by atoms with Crippen LogP contribution in [0.2, 0.25) is 0 Å². The second-order valence-electron chi connectivity index (χ2n) is 6.02. The van der Waals surface area contributed by atoms with Gasteiger partial charge in [-0.2, -0.15) is 0 Å². The molecule has 0 aromatic heterocycles. The number of benzene rings is 1. The van der Waals surface area contributed by atoms with Crippen LogP contribution in [0.15, 0.2) is 39.5 Å². The third-order valence-electron chi connectivity index (χ3n) is 3.74. The lowest BCUT2D eigenvalue weighted by atomic mass is 10.0. The highest BCUT2D eigenvalue weighted by Crippen LogP contribution is 2.34. The quantitative estimate of drug-likeness (QED) is 0.627. The van der Waals surface area contributed by atoms with Crippen LogP contribution in [0.1, 0.15) is 26.3 Å². The number of amides is 1. The summed E-state index contributed by atoms with van der Waals surface area (Å²) in [6.07, 6.45) is 1.53. The number of halogens is 1. The van der Waals surface area contributed by atoms with E-state index in [9.17, 15) is 14.7 Å². The SMILES string of the molecule is COC(=O)C1=C(C)N(CC(C)C)C(=O)/C1=C\c1cc(Br)ccc1O. The topological polar surface area (TPSA) is 66.8 Å². The van der Waals surface area contributed by atoms with Crippen LogP contribution in [-0.4, -0.2) is 35.5 Å². The molecule has 6 heteroatoms. The minimum Gasteiger partial charge on any atom is -0.507 e. The van der Waals surface area contributed by atoms with Gasteiger partial charge in [0, 0.05) is 22.3 Å². The molecule has 128 valence electrons. The predicted molar refractivity (Wildman–Crippen MR) is 95.1 cm³/mol. The van der Waals surface area contributed by atoms with E-state index in [1.54, 1.807) is 24.0 Å². The molecule has 0 radical (unpaired) electrons. The lowest BCUT2D eigenvalue weighted by molar-refractivity contribution is -0.136. The number of ether oxygens (including phenoxy) is 1. The summed E-state index contributed by atoms with van der Waals surface area (Å²) in [5.41, 5.74) is 1.49. The molecule has 1 aliphatic heterocycles. The van der Waals surface area contributed by atoms with Crippen LogP contribution in [0.5, 0.6) is 5.75 Å². The van der Waals surface area contributed by atoms with Crippen molar-refractivity contribution in [1.82, 2.24) is 4.90 Å². The number of aromatic hydroxyl groups is 1. The minimum atomic E-state index is -0.562. The number of allylic oxidation sites excluding steroid dienone is 1. The average Bonchev–Trinajstić information content (AvgIpc) is 2.74. The van der Waals surface area contributed by atoms with Gasteiger partial charge in [0.1, 0.15) is 5.75 Å². The Morgan fingerprint density at radius 3 is 2.67 bits per heavy atom. The Morgan fingerprint density at radius 2 is 2.08 bits per heavy atom. The molecular formula is C18H20BrNO4. The van der Waals surface area contributed by atoms with Crippen molar-refractivity contribution >= 4 is 33.9 Å². The molecular weight excluding hydrogens is 374 g/mol. The van der Waals surface area contributed by atoms with Crippen molar-refractivity contribution < 1.29 is 19.4 Å². The van der Waals surface area contributed by atoms with E-state index in [1.165, 1.54) is 19.3 Å². The van der Waals surface area contributed by atoms with E-state index in [4.69, 9.17) is 4.74 Å². The molecule has 0 fully saturated rings. The monoisotopic (exact) mass is 393 g/mol. The molecule has 1 aliphatic rings. The fourth-order valence-corrected chi connectivity index (χ4v) is 2.99. The Balaban J connectivity index is 2.58. The van der Waals surface area contributed by atoms with Crippen molar-refractivity contribution in [2.24, 2.45) is 5.92 Å². The van der Waals surface area contributed by atoms with Crippen LogP contribution in [0, 0.1) is 5.92 Å². The number of hydrogen-bond donors (Lipinski definition) is 1. The zero-order valence-corrected chi connectivity index (χ0v) is 15.7. The van der Waals surface area contributed by atoms with Gasteiger partial charge >= 0.3 is 5.97 Å². The first-order valence-corrected chi connectivity index (χ1v) is 8.37. The summed E-state index contributed by atoms with van der Waals surface area (Å²) in [6, 6.07) is 4.91. The maximum atomic E-state index is 12.8. The minimum absolute atomic E-state index is 0.0303. The molecule has 2 rings (SSSR count). The molecule has 1 aromatic carbocycles. The van der Waals surface area contributed by atoms with Crippen LogP contribution < -0.4 is 0 Å². The van der Waals surface area contributed by atoms with Crippen molar-refractivity contribution in [1.29, 1.82) is 0 Å². The van der Waals surface area contributed by atoms with Gasteiger partial charge in [0.15, 0.2) is 0 Å². The van der Waals surface area contributed by atoms with Gasteiger partial charge in [-0.05, 0) is 37.1 Å². The molecule has 1 heterocycles. The molecule has 0 atom stereocenters. The van der Waals surface area contributed by atoms with E-state index >= 15 is 0 Å². The van der Waals surface area contributed by atoms with Gasteiger partial charge in [0.05, 0.1) is 18.3 Å². The van der Waals surface area contributed by atoms with Crippen molar-refractivity contribution in [3.05, 3.63) is 45.1 Å². The Morgan fingerprint density at radius 1 is 1.42 bits per heavy atom. The smallest absolute Gasteiger partial charge is 0.340 e. The fraction of sp³-hybridized carbons (Fsp3) is 0.333. The van der Waals surface area contributed by atoms with Gasteiger partial charge in [-0.15, -0.1) is 0 Å². The summed E-state index contributed by atoms with van der Waals surface area (Å²) < 4.78 is 5.60. The first-order chi connectivity index (χ1) is 11.3. The van der Waals surface area contributed by atoms with Crippen LogP contribution >= 0.6 is 15.9 Å². The molecule has 1 aromatic rings. The Labute approximate surface area is 149 Å². The summed E-state index contributed by atoms with van der Waals surface area (Å²) in [5, 5.41) is 10.0. The zero-order valence-electron chi connectivity index (χ0n) is 14.1. The number of esters is 1. The van der Waals surface area contributed by atoms with Crippen molar-refractivity contribution in [2.45, 2.75) is 20.8 Å². The number of phenolic OH excluding ortho intramolecular Hbond substituents is 1. The molecule has 0 aliphatic carbocycles. The van der Waals surface area contributed by atoms with Crippen molar-refractivity contribution in [2.75, 3.05) is 13.7 Å². The highest BCUT2D eigenvalue weighted by atomic mass is 79.9. The van der Waals surface area contributed by atoms with Crippen molar-refractivity contribution in [3.8, 4) is 5.75 Å². The number of carbonyl (C=O) groups is 2. The first-order valence-electron chi connectivity index (χ1n) is 7.57. The zero-order chi connectivity index (χ0) is 18.0. The van der Waals surface area contributed by atoms with E-state index < -0.39 is 5.97 Å². The normalized spacial score (nSPS) is 16.5. The first kappa shape index (κ1) is 18.3. The van der Waals surface area contributed by atoms with Crippen LogP contribution in [0.25, 0.3) is 6.08 Å². The Hall–Kier alpha value is -2.08. The van der Waals surface area contributed by atoms with Gasteiger partial charge in [0.25, 0.3) is 5.91 Å². The number of carbonyl (C=O) groups excluding carboxylic acids is 2. The molecule has 0 saturated heterocycles. The molecule has 5 nitrogen and oxygen atoms in total. The highest BCUT2D eigenvalue weighted by Gasteiger charge is 2.37. The second kappa shape index (κ2) is 7.21. The second-order valence-corrected chi connectivity index (χ2v) is 6.94. The summed E-state index contributed by atoms with van der Waals surface area (Å²) in [4.78, 5) is 26.6. The van der Waals surface area contributed by atoms with Crippen LogP contribution in [0.3, 0.4) is 0 Å². The summed E-state index contributed by atoms with van der Waals surface area (Å²) in [5.74, 6) is -0.544. The number of hydrogen-bond acceptors (Lipinski definition) is 4. The summed E-state index contributed by atoms with van der Waals surface area (Å²) in [7, 11) is 1.28. The molecule has 24 heavy (non-hydrogen) atoms. The fourth-order valence-electron chi connectivity index (χ4n) is 2.61. The number of phenols is 1. The highest BCUT2D eigenvalue weighted by molar-refractivity contribution is 9.10. The van der Waals surface area contributed by atoms with E-state index in [0.29, 0.717) is 17.8 Å². The predicted octanol–water partition coefficient (Wildman–Crippen LogP) is 3.48. The number of nitrogens with zero attached hydrogens (tertiary/aromatic N) is 1. The van der Waals surface area contributed by atoms with Gasteiger partial charge < -0.3 is 14.7 Å². The van der Waals surface area contributed by atoms with E-state index in [2.05, 4.69) is 15.9 Å². The van der Waals surface area contributed by atoms with E-state index in [1.807, 2.05) is 13.8 Å². The van der Waals surface area contributed by atoms with Gasteiger partial charge in [-0.1, -0.05) is 29.8 Å². The molecule has 0 unspecified atom stereocenters. The van der Waals surface area contributed by atoms with Gasteiger partial charge in [0.2, 0.25) is 0 Å². The molecule has 1 amide bonds. The third kappa shape index (κ3) is 3.53. The Kier molecular flexibility index (Phi) is 5.49. The van der Waals surface area contributed by atoms with E-state index in [-0.39, 0.29) is 28.7 Å². The lowest BCUT2D eigenvalue weighted by Gasteiger charge is -2.19. The summed E-state index contributed by atoms with van der Waals surface area (Å²) in [6.45, 7) is 6.24. The lowest BCUT2D eigenvalue weighted by Crippen LogP contribution is -2.28. The molecule has 0 spiro atoms. The molecule has 0 bridgehead atoms. The molecule has 0 saturated carbocycles. The Bertz CT molecular complexity index is 749. The summed E-state index contributed by atoms with van der Waals surface area (Å²) >= 11 is 3.34. The standard InChI is InChI=1S/C18H20BrNO4/c1-10(2)9-20-11(3)16(18(23)24-4)14(17(20)22)8-12-7-13(19)5-6-15(12)21/h5-8,10,21H,9H2,1-4H3/b14-8-. The number of rotatable bonds is 4. The van der Waals surface area contributed by atoms with E-state index in [0.717, 1.165) is 4.47 Å². The van der Waals surface area contributed by atoms with Crippen LogP contribution in [-0.2, 0) is 14.3 Å². The largest absolute Gasteiger partial charge is 0.507 e. The third-order valence-corrected chi connectivity index (χ3v) is 4.23. The van der Waals surface area contributed by atoms with Crippen LogP contribution in [0.4, 0.5) is 0 Å². The number of methoxy groups -OCH3 is 1. The van der Waals surface area contributed by atoms with Crippen molar-refractivity contribution in [3.63, 3.8) is 0 Å². The van der Waals surface area contributed by atoms with Gasteiger partial charge in [-0.3, -0.25) is 4.79 Å². The maximum absolute atomic E-state index is 12.8.